The zero-order valence-electron chi connectivity index (χ0n) is 23.8. The molecule has 14 heteroatoms. The van der Waals surface area contributed by atoms with E-state index in [1.54, 1.807) is 43.3 Å². The lowest BCUT2D eigenvalue weighted by Gasteiger charge is -2.25. The highest BCUT2D eigenvalue weighted by Gasteiger charge is 2.58. The SMILES string of the molecule is CCC(CC)CCC(=O)[C@H](C)N[P@@](=O)(OC[C@H]1O[C@@](C#N)(c2ccc3c(N)ncnn23)[C@H](O)[C@@H]1O)Oc1ccccc1. The Kier molecular flexibility index (Phi) is 9.99. The molecule has 0 spiro atoms. The van der Waals surface area contributed by atoms with Gasteiger partial charge in [-0.3, -0.25) is 9.32 Å². The van der Waals surface area contributed by atoms with Gasteiger partial charge in [0.05, 0.1) is 18.3 Å². The van der Waals surface area contributed by atoms with E-state index in [0.29, 0.717) is 24.3 Å². The zero-order chi connectivity index (χ0) is 30.5. The van der Waals surface area contributed by atoms with Gasteiger partial charge in [-0.1, -0.05) is 44.9 Å². The molecule has 1 aromatic carbocycles. The molecule has 1 aliphatic rings. The van der Waals surface area contributed by atoms with Gasteiger partial charge >= 0.3 is 7.75 Å². The maximum atomic E-state index is 14.0. The number of anilines is 1. The molecule has 0 radical (unpaired) electrons. The largest absolute Gasteiger partial charge is 0.459 e. The molecule has 1 saturated heterocycles. The van der Waals surface area contributed by atoms with Crippen molar-refractivity contribution < 1.29 is 33.4 Å². The molecule has 4 rings (SSSR count). The average molecular weight is 601 g/mol. The minimum absolute atomic E-state index is 0.113. The molecule has 226 valence electrons. The third-order valence-corrected chi connectivity index (χ3v) is 9.30. The fourth-order valence-electron chi connectivity index (χ4n) is 5.00. The zero-order valence-corrected chi connectivity index (χ0v) is 24.7. The number of benzene rings is 1. The van der Waals surface area contributed by atoms with Crippen LogP contribution in [0.2, 0.25) is 0 Å². The van der Waals surface area contributed by atoms with Gasteiger partial charge in [0, 0.05) is 6.42 Å². The Morgan fingerprint density at radius 1 is 1.26 bits per heavy atom. The number of nitrogen functional groups attached to an aromatic ring is 1. The van der Waals surface area contributed by atoms with Gasteiger partial charge in [-0.2, -0.15) is 10.4 Å². The highest BCUT2D eigenvalue weighted by Crippen LogP contribution is 2.47. The number of nitrogens with two attached hydrogens (primary N) is 1. The predicted octanol–water partition coefficient (Wildman–Crippen LogP) is 3.12. The van der Waals surface area contributed by atoms with Crippen LogP contribution in [-0.2, 0) is 24.2 Å². The van der Waals surface area contributed by atoms with Gasteiger partial charge in [0.25, 0.3) is 0 Å². The van der Waals surface area contributed by atoms with Crippen molar-refractivity contribution in [1.29, 1.82) is 5.26 Å². The second kappa shape index (κ2) is 13.3. The van der Waals surface area contributed by atoms with Crippen molar-refractivity contribution >= 4 is 24.9 Å². The third kappa shape index (κ3) is 6.49. The molecule has 3 aromatic rings. The van der Waals surface area contributed by atoms with Gasteiger partial charge in [0.15, 0.2) is 5.82 Å². The molecule has 42 heavy (non-hydrogen) atoms. The van der Waals surface area contributed by atoms with Crippen LogP contribution in [-0.4, -0.2) is 61.6 Å². The highest BCUT2D eigenvalue weighted by molar-refractivity contribution is 7.52. The maximum absolute atomic E-state index is 14.0. The monoisotopic (exact) mass is 600 g/mol. The summed E-state index contributed by atoms with van der Waals surface area (Å²) in [7, 11) is -4.24. The Morgan fingerprint density at radius 3 is 2.64 bits per heavy atom. The molecule has 5 N–H and O–H groups in total. The van der Waals surface area contributed by atoms with Crippen molar-refractivity contribution in [2.45, 2.75) is 76.4 Å². The van der Waals surface area contributed by atoms with Crippen LogP contribution >= 0.6 is 7.75 Å². The lowest BCUT2D eigenvalue weighted by molar-refractivity contribution is -0.120. The lowest BCUT2D eigenvalue weighted by atomic mass is 9.92. The summed E-state index contributed by atoms with van der Waals surface area (Å²) >= 11 is 0. The highest BCUT2D eigenvalue weighted by atomic mass is 31.2. The first-order valence-corrected chi connectivity index (χ1v) is 15.4. The Labute approximate surface area is 244 Å². The van der Waals surface area contributed by atoms with Crippen LogP contribution in [0.25, 0.3) is 5.52 Å². The molecular weight excluding hydrogens is 563 g/mol. The molecular formula is C28H37N6O7P. The fourth-order valence-corrected chi connectivity index (χ4v) is 6.54. The van der Waals surface area contributed by atoms with Crippen LogP contribution in [0.5, 0.6) is 5.75 Å². The van der Waals surface area contributed by atoms with E-state index in [2.05, 4.69) is 29.0 Å². The summed E-state index contributed by atoms with van der Waals surface area (Å²) in [5.41, 5.74) is 4.33. The molecule has 1 aliphatic heterocycles. The summed E-state index contributed by atoms with van der Waals surface area (Å²) in [5.74, 6) is 0.630. The number of nitrogens with zero attached hydrogens (tertiary/aromatic N) is 4. The molecule has 3 heterocycles. The number of ether oxygens (including phenoxy) is 1. The predicted molar refractivity (Wildman–Crippen MR) is 153 cm³/mol. The molecule has 0 bridgehead atoms. The molecule has 0 aliphatic carbocycles. The summed E-state index contributed by atoms with van der Waals surface area (Å²) in [6.45, 7) is 5.19. The fraction of sp³-hybridized carbons (Fsp3) is 0.500. The number of para-hydroxylation sites is 1. The molecule has 0 unspecified atom stereocenters. The molecule has 6 atom stereocenters. The number of nitriles is 1. The summed E-state index contributed by atoms with van der Waals surface area (Å²) in [6.07, 6.45) is -0.522. The number of rotatable bonds is 14. The minimum Gasteiger partial charge on any atom is -0.413 e. The van der Waals surface area contributed by atoms with Gasteiger partial charge < -0.3 is 25.2 Å². The van der Waals surface area contributed by atoms with Crippen molar-refractivity contribution in [2.24, 2.45) is 5.92 Å². The van der Waals surface area contributed by atoms with E-state index in [1.165, 1.54) is 16.9 Å². The van der Waals surface area contributed by atoms with Crippen LogP contribution in [0, 0.1) is 17.2 Å². The second-order valence-corrected chi connectivity index (χ2v) is 12.0. The van der Waals surface area contributed by atoms with Crippen LogP contribution in [0.4, 0.5) is 5.82 Å². The normalized spacial score (nSPS) is 24.4. The van der Waals surface area contributed by atoms with Crippen molar-refractivity contribution in [2.75, 3.05) is 12.3 Å². The molecule has 0 amide bonds. The maximum Gasteiger partial charge on any atom is 0.459 e. The number of nitrogens with one attached hydrogen (secondary N) is 1. The van der Waals surface area contributed by atoms with Crippen molar-refractivity contribution in [3.05, 3.63) is 54.5 Å². The first-order valence-electron chi connectivity index (χ1n) is 13.9. The Morgan fingerprint density at radius 2 is 1.98 bits per heavy atom. The number of ketones is 1. The van der Waals surface area contributed by atoms with E-state index in [1.807, 2.05) is 6.07 Å². The first kappa shape index (κ1) is 31.6. The Hall–Kier alpha value is -3.37. The van der Waals surface area contributed by atoms with E-state index in [9.17, 15) is 24.8 Å². The van der Waals surface area contributed by atoms with E-state index < -0.39 is 44.3 Å². The molecule has 2 aromatic heterocycles. The summed E-state index contributed by atoms with van der Waals surface area (Å²) < 4.78 is 32.6. The number of carbonyl (C=O) groups excluding carboxylic acids is 1. The topological polar surface area (TPSA) is 194 Å². The number of Topliss-reactive ketones (excluding diaryl/α,β-unsaturated/α-hetero) is 1. The number of fused-ring (bicyclic) bond motifs is 1. The van der Waals surface area contributed by atoms with Crippen molar-refractivity contribution in [3.63, 3.8) is 0 Å². The summed E-state index contributed by atoms with van der Waals surface area (Å²) in [6, 6.07) is 12.4. The van der Waals surface area contributed by atoms with E-state index >= 15 is 0 Å². The van der Waals surface area contributed by atoms with Crippen LogP contribution < -0.4 is 15.3 Å². The van der Waals surface area contributed by atoms with E-state index in [4.69, 9.17) is 19.5 Å². The Balaban J connectivity index is 1.53. The van der Waals surface area contributed by atoms with Crippen molar-refractivity contribution in [3.8, 4) is 11.8 Å². The van der Waals surface area contributed by atoms with E-state index in [0.717, 1.165) is 12.8 Å². The standard InChI is InChI=1S/C28H37N6O7P/c1-4-19(5-2)11-13-22(35)18(3)33-42(38,41-20-9-7-6-8-10-20)39-15-23-25(36)26(37)28(16-29,40-23)24-14-12-21-27(30)31-17-32-34(21)24/h6-10,12,14,17-19,23,25-26,36-37H,4-5,11,13,15H2,1-3H3,(H,33,38)(H2,30,31,32)/t18-,23+,25+,26+,28-,42+/m0/s1. The smallest absolute Gasteiger partial charge is 0.413 e. The minimum atomic E-state index is -4.24. The van der Waals surface area contributed by atoms with Gasteiger partial charge in [-0.05, 0) is 43.5 Å². The van der Waals surface area contributed by atoms with Gasteiger partial charge in [-0.15, -0.1) is 0 Å². The molecule has 13 nitrogen and oxygen atoms in total. The number of hydrogen-bond acceptors (Lipinski definition) is 11. The second-order valence-electron chi connectivity index (χ2n) is 10.3. The van der Waals surface area contributed by atoms with Gasteiger partial charge in [-0.25, -0.2) is 19.2 Å². The van der Waals surface area contributed by atoms with Crippen LogP contribution in [0.15, 0.2) is 48.8 Å². The number of aliphatic hydroxyl groups is 2. The number of hydrogen-bond donors (Lipinski definition) is 4. The quantitative estimate of drug-likeness (QED) is 0.198. The van der Waals surface area contributed by atoms with Crippen molar-refractivity contribution in [1.82, 2.24) is 19.7 Å². The van der Waals surface area contributed by atoms with Gasteiger partial charge in [0.2, 0.25) is 5.60 Å². The number of carbonyl (C=O) groups is 1. The number of aromatic nitrogens is 3. The lowest BCUT2D eigenvalue weighted by Crippen LogP contribution is -2.41. The first-order chi connectivity index (χ1) is 20.1. The third-order valence-electron chi connectivity index (χ3n) is 7.65. The number of aliphatic hydroxyl groups excluding tert-OH is 2. The average Bonchev–Trinajstić information content (AvgIpc) is 3.53. The van der Waals surface area contributed by atoms with E-state index in [-0.39, 0.29) is 23.0 Å². The summed E-state index contributed by atoms with van der Waals surface area (Å²) in [4.78, 5) is 16.8. The molecule has 0 saturated carbocycles. The Bertz CT molecular complexity index is 1460. The summed E-state index contributed by atoms with van der Waals surface area (Å²) in [5, 5.41) is 38.9. The van der Waals surface area contributed by atoms with Crippen LogP contribution in [0.3, 0.4) is 0 Å². The van der Waals surface area contributed by atoms with Gasteiger partial charge in [0.1, 0.15) is 47.8 Å². The molecule has 1 fully saturated rings. The van der Waals surface area contributed by atoms with Crippen LogP contribution in [0.1, 0.15) is 52.1 Å².